The molecule has 6 heteroatoms. The predicted octanol–water partition coefficient (Wildman–Crippen LogP) is 5.81. The molecule has 0 aromatic heterocycles. The first-order valence-electron chi connectivity index (χ1n) is 10.9. The van der Waals surface area contributed by atoms with Gasteiger partial charge in [-0.1, -0.05) is 110 Å². The molecule has 0 fully saturated rings. The van der Waals surface area contributed by atoms with Crippen molar-refractivity contribution in [1.29, 1.82) is 0 Å². The van der Waals surface area contributed by atoms with Gasteiger partial charge in [0.05, 0.1) is 5.75 Å². The Morgan fingerprint density at radius 2 is 1.15 bits per heavy atom. The molecule has 0 aliphatic carbocycles. The second kappa shape index (κ2) is 18.5. The quantitative estimate of drug-likeness (QED) is 0.158. The molecule has 0 atom stereocenters. The van der Waals surface area contributed by atoms with Crippen LogP contribution in [-0.4, -0.2) is 20.1 Å². The molecule has 0 aliphatic rings. The van der Waals surface area contributed by atoms with Gasteiger partial charge >= 0.3 is 0 Å². The molecule has 0 spiro atoms. The molecule has 0 radical (unpaired) electrons. The van der Waals surface area contributed by atoms with Gasteiger partial charge < -0.3 is 0 Å². The third-order valence-corrected chi connectivity index (χ3v) is 5.83. The Morgan fingerprint density at radius 1 is 0.778 bits per heavy atom. The number of nitrogens with one attached hydrogen (secondary N) is 1. The van der Waals surface area contributed by atoms with Gasteiger partial charge in [-0.3, -0.25) is 4.79 Å². The van der Waals surface area contributed by atoms with Crippen LogP contribution >= 0.6 is 0 Å². The summed E-state index contributed by atoms with van der Waals surface area (Å²) in [5.74, 6) is -0.728. The van der Waals surface area contributed by atoms with Crippen LogP contribution in [0, 0.1) is 0 Å². The molecule has 0 saturated carbocycles. The average Bonchev–Trinajstić information content (AvgIpc) is 2.65. The number of carbonyl (C=O) groups excluding carboxylic acids is 1. The maximum Gasteiger partial charge on any atom is 0.287 e. The molecule has 160 valence electrons. The minimum atomic E-state index is -3.69. The van der Waals surface area contributed by atoms with Gasteiger partial charge in [-0.15, -0.1) is 4.28 Å². The van der Waals surface area contributed by atoms with Crippen molar-refractivity contribution in [1.82, 2.24) is 5.48 Å². The number of unbranched alkanes of at least 4 members (excludes halogenated alkanes) is 15. The number of carbonyl (C=O) groups is 1. The highest BCUT2D eigenvalue weighted by Gasteiger charge is 2.12. The molecule has 27 heavy (non-hydrogen) atoms. The van der Waals surface area contributed by atoms with Gasteiger partial charge in [0.1, 0.15) is 0 Å². The highest BCUT2D eigenvalue weighted by molar-refractivity contribution is 7.86. The Hall–Kier alpha value is -0.880. The van der Waals surface area contributed by atoms with Gasteiger partial charge in [0, 0.05) is 0 Å². The summed E-state index contributed by atoms with van der Waals surface area (Å²) in [5, 5.41) is 0. The van der Waals surface area contributed by atoms with Crippen LogP contribution in [0.3, 0.4) is 0 Å². The lowest BCUT2D eigenvalue weighted by atomic mass is 10.0. The average molecular weight is 404 g/mol. The number of rotatable bonds is 20. The van der Waals surface area contributed by atoms with Crippen molar-refractivity contribution < 1.29 is 17.5 Å². The van der Waals surface area contributed by atoms with E-state index in [4.69, 9.17) is 0 Å². The van der Waals surface area contributed by atoms with Crippen molar-refractivity contribution in [3.8, 4) is 0 Å². The van der Waals surface area contributed by atoms with E-state index in [-0.39, 0.29) is 5.75 Å². The fourth-order valence-electron chi connectivity index (χ4n) is 3.01. The Bertz CT molecular complexity index is 463. The van der Waals surface area contributed by atoms with E-state index in [1.54, 1.807) is 0 Å². The Balaban J connectivity index is 3.29. The molecular formula is C21H41NO4S. The summed E-state index contributed by atoms with van der Waals surface area (Å²) < 4.78 is 27.5. The summed E-state index contributed by atoms with van der Waals surface area (Å²) >= 11 is 0. The van der Waals surface area contributed by atoms with Crippen LogP contribution in [0.25, 0.3) is 0 Å². The van der Waals surface area contributed by atoms with Gasteiger partial charge in [0.2, 0.25) is 0 Å². The molecule has 0 aliphatic heterocycles. The van der Waals surface area contributed by atoms with Crippen molar-refractivity contribution in [2.24, 2.45) is 0 Å². The molecule has 0 bridgehead atoms. The van der Waals surface area contributed by atoms with Crippen molar-refractivity contribution in [2.45, 2.75) is 110 Å². The molecular weight excluding hydrogens is 362 g/mol. The zero-order chi connectivity index (χ0) is 20.2. The van der Waals surface area contributed by atoms with Crippen molar-refractivity contribution in [2.75, 3.05) is 5.75 Å². The van der Waals surface area contributed by atoms with Crippen LogP contribution in [0.4, 0.5) is 0 Å². The van der Waals surface area contributed by atoms with Crippen molar-refractivity contribution in [3.63, 3.8) is 0 Å². The van der Waals surface area contributed by atoms with E-state index in [0.29, 0.717) is 6.42 Å². The first kappa shape index (κ1) is 26.1. The van der Waals surface area contributed by atoms with Gasteiger partial charge in [-0.05, 0) is 12.5 Å². The van der Waals surface area contributed by atoms with Gasteiger partial charge in [-0.2, -0.15) is 8.42 Å². The summed E-state index contributed by atoms with van der Waals surface area (Å²) in [5.41, 5.74) is 1.83. The summed E-state index contributed by atoms with van der Waals surface area (Å²) in [7, 11) is -3.69. The lowest BCUT2D eigenvalue weighted by Gasteiger charge is -2.05. The predicted molar refractivity (Wildman–Crippen MR) is 113 cm³/mol. The van der Waals surface area contributed by atoms with Crippen LogP contribution in [0.15, 0.2) is 12.7 Å². The summed E-state index contributed by atoms with van der Waals surface area (Å²) in [6.07, 6.45) is 20.9. The fourth-order valence-corrected chi connectivity index (χ4v) is 3.86. The third-order valence-electron chi connectivity index (χ3n) is 4.70. The van der Waals surface area contributed by atoms with E-state index in [2.05, 4.69) is 17.8 Å². The van der Waals surface area contributed by atoms with E-state index in [1.165, 1.54) is 77.0 Å². The minimum absolute atomic E-state index is 0.0666. The first-order chi connectivity index (χ1) is 13.0. The van der Waals surface area contributed by atoms with Crippen molar-refractivity contribution >= 4 is 16.0 Å². The maximum absolute atomic E-state index is 11.5. The van der Waals surface area contributed by atoms with E-state index in [9.17, 15) is 13.2 Å². The third kappa shape index (κ3) is 19.7. The molecule has 0 saturated heterocycles. The summed E-state index contributed by atoms with van der Waals surface area (Å²) in [6, 6.07) is 0. The van der Waals surface area contributed by atoms with Crippen LogP contribution in [-0.2, 0) is 19.2 Å². The molecule has 5 nitrogen and oxygen atoms in total. The van der Waals surface area contributed by atoms with Crippen LogP contribution in [0.5, 0.6) is 0 Å². The SMILES string of the molecule is C=CC(=O)NOS(=O)(=O)CCCCCCCCCCCCCCCCCC. The lowest BCUT2D eigenvalue weighted by molar-refractivity contribution is -0.122. The second-order valence-corrected chi connectivity index (χ2v) is 9.01. The zero-order valence-electron chi connectivity index (χ0n) is 17.3. The second-order valence-electron chi connectivity index (χ2n) is 7.32. The molecule has 1 N–H and O–H groups in total. The highest BCUT2D eigenvalue weighted by atomic mass is 32.2. The molecule has 0 unspecified atom stereocenters. The maximum atomic E-state index is 11.5. The van der Waals surface area contributed by atoms with E-state index in [1.807, 2.05) is 5.48 Å². The molecule has 0 heterocycles. The Morgan fingerprint density at radius 3 is 1.52 bits per heavy atom. The number of hydroxylamine groups is 1. The van der Waals surface area contributed by atoms with Gasteiger partial charge in [0.15, 0.2) is 0 Å². The largest absolute Gasteiger partial charge is 0.287 e. The molecule has 0 aromatic carbocycles. The Kier molecular flexibility index (Phi) is 17.9. The van der Waals surface area contributed by atoms with Crippen molar-refractivity contribution in [3.05, 3.63) is 12.7 Å². The first-order valence-corrected chi connectivity index (χ1v) is 12.4. The number of amides is 1. The topological polar surface area (TPSA) is 72.5 Å². The van der Waals surface area contributed by atoms with Crippen LogP contribution in [0.1, 0.15) is 110 Å². The molecule has 0 aromatic rings. The van der Waals surface area contributed by atoms with Gasteiger partial charge in [0.25, 0.3) is 16.0 Å². The summed E-state index contributed by atoms with van der Waals surface area (Å²) in [6.45, 7) is 5.48. The van der Waals surface area contributed by atoms with E-state index < -0.39 is 16.0 Å². The standard InChI is InChI=1S/C21H41NO4S/c1-3-5-6-7-8-9-10-11-12-13-14-15-16-17-18-19-20-27(24,25)26-22-21(23)4-2/h4H,2-3,5-20H2,1H3,(H,22,23). The van der Waals surface area contributed by atoms with Crippen LogP contribution in [0.2, 0.25) is 0 Å². The molecule has 1 amide bonds. The van der Waals surface area contributed by atoms with E-state index >= 15 is 0 Å². The van der Waals surface area contributed by atoms with Gasteiger partial charge in [-0.25, -0.2) is 5.48 Å². The smallest absolute Gasteiger partial charge is 0.268 e. The molecule has 0 rings (SSSR count). The zero-order valence-corrected chi connectivity index (χ0v) is 18.2. The highest BCUT2D eigenvalue weighted by Crippen LogP contribution is 2.13. The number of hydrogen-bond acceptors (Lipinski definition) is 4. The fraction of sp³-hybridized carbons (Fsp3) is 0.857. The minimum Gasteiger partial charge on any atom is -0.268 e. The normalized spacial score (nSPS) is 11.4. The Labute approximate surface area is 167 Å². The summed E-state index contributed by atoms with van der Waals surface area (Å²) in [4.78, 5) is 10.9. The van der Waals surface area contributed by atoms with E-state index in [0.717, 1.165) is 25.3 Å². The number of hydrogen-bond donors (Lipinski definition) is 1. The monoisotopic (exact) mass is 403 g/mol. The van der Waals surface area contributed by atoms with Crippen LogP contribution < -0.4 is 5.48 Å². The lowest BCUT2D eigenvalue weighted by Crippen LogP contribution is -2.26.